The fourth-order valence-electron chi connectivity index (χ4n) is 5.57. The van der Waals surface area contributed by atoms with E-state index in [0.717, 1.165) is 23.1 Å². The minimum absolute atomic E-state index is 0.0878. The summed E-state index contributed by atoms with van der Waals surface area (Å²) in [6.45, 7) is 8.02. The number of carbonyl (C=O) groups excluding carboxylic acids is 2. The van der Waals surface area contributed by atoms with Crippen molar-refractivity contribution in [1.29, 1.82) is 0 Å². The van der Waals surface area contributed by atoms with Crippen molar-refractivity contribution in [3.05, 3.63) is 138 Å². The van der Waals surface area contributed by atoms with E-state index in [1.54, 1.807) is 65.6 Å². The standard InChI is InChI=1S/C38H39F2NO4Si/c1-38(2,46(3,4)44)25-24-27(26-10-15-30(39)16-11-26)14-23-34-35(41(36(34)42)32-19-17-31(40)18-20-32)28-12-21-33(22-13-28)45-37(43)29-8-6-5-7-9-29/h5-22,34-35,44H,23-25H2,1-4H3/b27-14+/t34-,35?/m1/s1. The molecule has 0 spiro atoms. The maximum Gasteiger partial charge on any atom is 0.343 e. The molecule has 238 valence electrons. The van der Waals surface area contributed by atoms with Crippen LogP contribution in [0.15, 0.2) is 109 Å². The Kier molecular flexibility index (Phi) is 9.70. The van der Waals surface area contributed by atoms with Crippen LogP contribution in [0.1, 0.15) is 60.6 Å². The number of rotatable bonds is 11. The third-order valence-corrected chi connectivity index (χ3v) is 12.8. The van der Waals surface area contributed by atoms with Crippen molar-refractivity contribution < 1.29 is 27.9 Å². The molecular weight excluding hydrogens is 601 g/mol. The Morgan fingerprint density at radius 1 is 0.870 bits per heavy atom. The molecule has 8 heteroatoms. The smallest absolute Gasteiger partial charge is 0.343 e. The first-order chi connectivity index (χ1) is 21.8. The van der Waals surface area contributed by atoms with Gasteiger partial charge in [-0.05, 0) is 115 Å². The van der Waals surface area contributed by atoms with Gasteiger partial charge in [-0.1, -0.05) is 62.4 Å². The number of ether oxygens (including phenoxy) is 1. The molecule has 1 amide bonds. The average molecular weight is 640 g/mol. The van der Waals surface area contributed by atoms with E-state index in [9.17, 15) is 23.2 Å². The number of esters is 1. The first-order valence-electron chi connectivity index (χ1n) is 15.5. The molecule has 1 aliphatic rings. The van der Waals surface area contributed by atoms with E-state index in [1.807, 2.05) is 31.3 Å². The number of carbonyl (C=O) groups is 2. The number of amides is 1. The first-order valence-corrected chi connectivity index (χ1v) is 18.4. The molecule has 2 atom stereocenters. The maximum atomic E-state index is 13.8. The Balaban J connectivity index is 1.42. The highest BCUT2D eigenvalue weighted by atomic mass is 28.4. The molecule has 1 heterocycles. The number of nitrogens with zero attached hydrogens (tertiary/aromatic N) is 1. The Morgan fingerprint density at radius 3 is 2.04 bits per heavy atom. The van der Waals surface area contributed by atoms with Crippen LogP contribution < -0.4 is 9.64 Å². The Labute approximate surface area is 270 Å². The van der Waals surface area contributed by atoms with E-state index in [-0.39, 0.29) is 22.8 Å². The first kappa shape index (κ1) is 33.0. The molecule has 0 aliphatic carbocycles. The third-order valence-electron chi connectivity index (χ3n) is 9.27. The van der Waals surface area contributed by atoms with Gasteiger partial charge < -0.3 is 14.4 Å². The summed E-state index contributed by atoms with van der Waals surface area (Å²) < 4.78 is 33.2. The average Bonchev–Trinajstić information content (AvgIpc) is 3.03. The molecule has 4 aromatic carbocycles. The van der Waals surface area contributed by atoms with Crippen molar-refractivity contribution in [2.75, 3.05) is 4.90 Å². The van der Waals surface area contributed by atoms with Crippen LogP contribution in [-0.2, 0) is 4.79 Å². The zero-order valence-electron chi connectivity index (χ0n) is 26.5. The van der Waals surface area contributed by atoms with Gasteiger partial charge in [0.1, 0.15) is 17.4 Å². The summed E-state index contributed by atoms with van der Waals surface area (Å²) in [4.78, 5) is 38.8. The Bertz CT molecular complexity index is 1700. The van der Waals surface area contributed by atoms with Crippen LogP contribution in [0.3, 0.4) is 0 Å². The lowest BCUT2D eigenvalue weighted by Crippen LogP contribution is -2.55. The predicted octanol–water partition coefficient (Wildman–Crippen LogP) is 9.12. The number of benzene rings is 4. The van der Waals surface area contributed by atoms with Gasteiger partial charge >= 0.3 is 5.97 Å². The van der Waals surface area contributed by atoms with Crippen LogP contribution in [0, 0.1) is 17.6 Å². The highest BCUT2D eigenvalue weighted by molar-refractivity contribution is 6.72. The summed E-state index contributed by atoms with van der Waals surface area (Å²) in [7, 11) is -2.46. The van der Waals surface area contributed by atoms with Crippen molar-refractivity contribution in [1.82, 2.24) is 0 Å². The molecule has 1 fully saturated rings. The van der Waals surface area contributed by atoms with E-state index in [1.165, 1.54) is 24.3 Å². The van der Waals surface area contributed by atoms with Gasteiger partial charge in [-0.2, -0.15) is 0 Å². The van der Waals surface area contributed by atoms with E-state index >= 15 is 0 Å². The van der Waals surface area contributed by atoms with Crippen molar-refractivity contribution in [2.45, 2.75) is 57.3 Å². The van der Waals surface area contributed by atoms with Gasteiger partial charge in [-0.25, -0.2) is 13.6 Å². The van der Waals surface area contributed by atoms with Crippen molar-refractivity contribution >= 4 is 31.5 Å². The molecule has 1 saturated heterocycles. The second-order valence-electron chi connectivity index (χ2n) is 13.0. The molecule has 1 aliphatic heterocycles. The van der Waals surface area contributed by atoms with Crippen LogP contribution in [-0.4, -0.2) is 25.0 Å². The lowest BCUT2D eigenvalue weighted by Gasteiger charge is -2.47. The van der Waals surface area contributed by atoms with Crippen molar-refractivity contribution in [3.63, 3.8) is 0 Å². The molecule has 5 rings (SSSR count). The lowest BCUT2D eigenvalue weighted by molar-refractivity contribution is -0.130. The highest BCUT2D eigenvalue weighted by Gasteiger charge is 2.48. The summed E-state index contributed by atoms with van der Waals surface area (Å²) in [5.41, 5.74) is 3.74. The van der Waals surface area contributed by atoms with Gasteiger partial charge in [0.05, 0.1) is 17.5 Å². The van der Waals surface area contributed by atoms with Crippen LogP contribution in [0.4, 0.5) is 14.5 Å². The summed E-state index contributed by atoms with van der Waals surface area (Å²) in [5.74, 6) is -1.30. The minimum atomic E-state index is -2.46. The van der Waals surface area contributed by atoms with Crippen LogP contribution in [0.5, 0.6) is 5.75 Å². The SMILES string of the molecule is CC(C)(CC/C(=C\C[C@H]1C(=O)N(c2ccc(F)cc2)C1c1ccc(OC(=O)c2ccccc2)cc1)c1ccc(F)cc1)[Si](C)(C)O. The number of hydrogen-bond acceptors (Lipinski definition) is 4. The largest absolute Gasteiger partial charge is 0.432 e. The summed E-state index contributed by atoms with van der Waals surface area (Å²) in [6, 6.07) is 27.7. The normalized spacial score (nSPS) is 17.1. The fourth-order valence-corrected chi connectivity index (χ4v) is 6.31. The summed E-state index contributed by atoms with van der Waals surface area (Å²) in [6.07, 6.45) is 3.88. The molecule has 0 radical (unpaired) electrons. The monoisotopic (exact) mass is 639 g/mol. The fraction of sp³-hybridized carbons (Fsp3) is 0.263. The van der Waals surface area contributed by atoms with Crippen LogP contribution >= 0.6 is 0 Å². The Morgan fingerprint density at radius 2 is 1.46 bits per heavy atom. The van der Waals surface area contributed by atoms with Gasteiger partial charge in [0.2, 0.25) is 5.91 Å². The molecule has 4 aromatic rings. The van der Waals surface area contributed by atoms with E-state index in [4.69, 9.17) is 4.74 Å². The van der Waals surface area contributed by atoms with E-state index in [2.05, 4.69) is 19.9 Å². The van der Waals surface area contributed by atoms with Crippen molar-refractivity contribution in [3.8, 4) is 5.75 Å². The second kappa shape index (κ2) is 13.5. The third kappa shape index (κ3) is 7.35. The van der Waals surface area contributed by atoms with Gasteiger partial charge in [-0.15, -0.1) is 0 Å². The van der Waals surface area contributed by atoms with Gasteiger partial charge in [-0.3, -0.25) is 4.79 Å². The number of allylic oxidation sites excluding steroid dienone is 2. The highest BCUT2D eigenvalue weighted by Crippen LogP contribution is 2.47. The number of hydrogen-bond donors (Lipinski definition) is 1. The summed E-state index contributed by atoms with van der Waals surface area (Å²) >= 11 is 0. The van der Waals surface area contributed by atoms with Gasteiger partial charge in [0.15, 0.2) is 8.32 Å². The zero-order chi connectivity index (χ0) is 33.1. The lowest BCUT2D eigenvalue weighted by atomic mass is 9.79. The van der Waals surface area contributed by atoms with E-state index < -0.39 is 26.0 Å². The predicted molar refractivity (Wildman–Crippen MR) is 180 cm³/mol. The molecule has 5 nitrogen and oxygen atoms in total. The molecule has 0 saturated carbocycles. The quantitative estimate of drug-likeness (QED) is 0.0770. The number of halogens is 2. The number of β-lactam (4-membered cyclic amide) rings is 1. The van der Waals surface area contributed by atoms with Gasteiger partial charge in [0, 0.05) is 5.69 Å². The summed E-state index contributed by atoms with van der Waals surface area (Å²) in [5, 5.41) is -0.258. The topological polar surface area (TPSA) is 66.8 Å². The minimum Gasteiger partial charge on any atom is -0.432 e. The molecule has 0 aromatic heterocycles. The molecule has 0 bridgehead atoms. The molecule has 1 N–H and O–H groups in total. The molecular formula is C38H39F2NO4Si. The molecule has 46 heavy (non-hydrogen) atoms. The van der Waals surface area contributed by atoms with E-state index in [0.29, 0.717) is 29.8 Å². The van der Waals surface area contributed by atoms with Crippen molar-refractivity contribution in [2.24, 2.45) is 5.92 Å². The maximum absolute atomic E-state index is 13.8. The zero-order valence-corrected chi connectivity index (χ0v) is 27.5. The molecule has 1 unspecified atom stereocenters. The van der Waals surface area contributed by atoms with Crippen LogP contribution in [0.25, 0.3) is 5.57 Å². The number of anilines is 1. The second-order valence-corrected chi connectivity index (χ2v) is 17.4. The van der Waals surface area contributed by atoms with Gasteiger partial charge in [0.25, 0.3) is 0 Å². The van der Waals surface area contributed by atoms with Crippen LogP contribution in [0.2, 0.25) is 18.1 Å². The Hall–Kier alpha value is -4.40.